The number of halogens is 1. The second-order valence-corrected chi connectivity index (χ2v) is 4.09. The Kier molecular flexibility index (Phi) is 6.83. The molecule has 17 heavy (non-hydrogen) atoms. The quantitative estimate of drug-likeness (QED) is 0.774. The summed E-state index contributed by atoms with van der Waals surface area (Å²) in [6.07, 6.45) is 0. The van der Waals surface area contributed by atoms with Gasteiger partial charge in [0.25, 0.3) is 5.91 Å². The van der Waals surface area contributed by atoms with E-state index in [0.29, 0.717) is 18.2 Å². The minimum Gasteiger partial charge on any atom is -0.349 e. The second kappa shape index (κ2) is 7.29. The fraction of sp³-hybridized carbons (Fsp3) is 0.636. The van der Waals surface area contributed by atoms with E-state index in [1.165, 1.54) is 0 Å². The molecule has 0 aromatic carbocycles. The maximum atomic E-state index is 11.7. The lowest BCUT2D eigenvalue weighted by atomic mass is 10.1. The highest BCUT2D eigenvalue weighted by atomic mass is 35.5. The predicted molar refractivity (Wildman–Crippen MR) is 70.8 cm³/mol. The molecule has 5 nitrogen and oxygen atoms in total. The van der Waals surface area contributed by atoms with Crippen LogP contribution in [0.1, 0.15) is 35.9 Å². The van der Waals surface area contributed by atoms with Crippen LogP contribution >= 0.6 is 12.4 Å². The van der Waals surface area contributed by atoms with Gasteiger partial charge in [0, 0.05) is 25.8 Å². The highest BCUT2D eigenvalue weighted by Gasteiger charge is 2.13. The maximum absolute atomic E-state index is 11.7. The van der Waals surface area contributed by atoms with Crippen LogP contribution in [-0.4, -0.2) is 35.8 Å². The highest BCUT2D eigenvalue weighted by Crippen LogP contribution is 2.14. The molecule has 98 valence electrons. The molecule has 0 saturated heterocycles. The Morgan fingerprint density at radius 1 is 1.47 bits per heavy atom. The summed E-state index contributed by atoms with van der Waals surface area (Å²) in [5.74, 6) is 0.258. The van der Waals surface area contributed by atoms with Gasteiger partial charge in [-0.05, 0) is 19.0 Å². The zero-order valence-electron chi connectivity index (χ0n) is 10.8. The molecular weight excluding hydrogens is 240 g/mol. The summed E-state index contributed by atoms with van der Waals surface area (Å²) in [6, 6.07) is 1.85. The number of nitrogens with zero attached hydrogens (tertiary/aromatic N) is 2. The van der Waals surface area contributed by atoms with Crippen molar-refractivity contribution in [2.45, 2.75) is 19.8 Å². The zero-order valence-corrected chi connectivity index (χ0v) is 11.6. The minimum atomic E-state index is -0.113. The molecule has 0 unspecified atom stereocenters. The van der Waals surface area contributed by atoms with Crippen molar-refractivity contribution in [3.8, 4) is 0 Å². The van der Waals surface area contributed by atoms with E-state index in [2.05, 4.69) is 29.6 Å². The number of aromatic nitrogens is 2. The van der Waals surface area contributed by atoms with Crippen molar-refractivity contribution in [2.75, 3.05) is 20.1 Å². The third-order valence-electron chi connectivity index (χ3n) is 2.40. The van der Waals surface area contributed by atoms with Crippen molar-refractivity contribution in [1.82, 2.24) is 20.4 Å². The molecule has 0 aliphatic rings. The number of likely N-dealkylation sites (N-methyl/N-ethyl adjacent to an activating group) is 1. The zero-order chi connectivity index (χ0) is 12.1. The Labute approximate surface area is 108 Å². The molecule has 1 aromatic rings. The SMILES string of the molecule is CNCCNC(=O)c1cc(C(C)C)n(C)n1.Cl. The first-order valence-corrected chi connectivity index (χ1v) is 5.53. The number of amides is 1. The summed E-state index contributed by atoms with van der Waals surface area (Å²) in [5.41, 5.74) is 1.56. The van der Waals surface area contributed by atoms with Gasteiger partial charge < -0.3 is 10.6 Å². The van der Waals surface area contributed by atoms with E-state index in [0.717, 1.165) is 12.2 Å². The molecule has 6 heteroatoms. The molecule has 0 spiro atoms. The van der Waals surface area contributed by atoms with Crippen LogP contribution in [0.4, 0.5) is 0 Å². The molecule has 1 aromatic heterocycles. The average molecular weight is 261 g/mol. The molecule has 0 atom stereocenters. The third-order valence-corrected chi connectivity index (χ3v) is 2.40. The van der Waals surface area contributed by atoms with Crippen LogP contribution in [0.2, 0.25) is 0 Å². The van der Waals surface area contributed by atoms with E-state index in [4.69, 9.17) is 0 Å². The van der Waals surface area contributed by atoms with Crippen LogP contribution in [-0.2, 0) is 7.05 Å². The Hall–Kier alpha value is -1.07. The lowest BCUT2D eigenvalue weighted by Gasteiger charge is -2.02. The van der Waals surface area contributed by atoms with E-state index >= 15 is 0 Å². The van der Waals surface area contributed by atoms with E-state index < -0.39 is 0 Å². The van der Waals surface area contributed by atoms with Gasteiger partial charge in [-0.3, -0.25) is 9.48 Å². The molecular formula is C11H21ClN4O. The minimum absolute atomic E-state index is 0. The summed E-state index contributed by atoms with van der Waals surface area (Å²) in [7, 11) is 3.71. The summed E-state index contributed by atoms with van der Waals surface area (Å²) in [5, 5.41) is 9.97. The van der Waals surface area contributed by atoms with Crippen molar-refractivity contribution < 1.29 is 4.79 Å². The molecule has 0 aliphatic carbocycles. The van der Waals surface area contributed by atoms with Gasteiger partial charge in [0.15, 0.2) is 0 Å². The Morgan fingerprint density at radius 2 is 2.12 bits per heavy atom. The molecule has 0 radical (unpaired) electrons. The van der Waals surface area contributed by atoms with E-state index in [9.17, 15) is 4.79 Å². The number of nitrogens with one attached hydrogen (secondary N) is 2. The van der Waals surface area contributed by atoms with Crippen molar-refractivity contribution in [2.24, 2.45) is 7.05 Å². The number of hydrogen-bond acceptors (Lipinski definition) is 3. The van der Waals surface area contributed by atoms with Gasteiger partial charge >= 0.3 is 0 Å². The van der Waals surface area contributed by atoms with Gasteiger partial charge in [-0.15, -0.1) is 12.4 Å². The summed E-state index contributed by atoms with van der Waals surface area (Å²) in [4.78, 5) is 11.7. The van der Waals surface area contributed by atoms with Crippen LogP contribution in [0, 0.1) is 0 Å². The first kappa shape index (κ1) is 15.9. The van der Waals surface area contributed by atoms with Crippen molar-refractivity contribution in [3.05, 3.63) is 17.5 Å². The standard InChI is InChI=1S/C11H20N4O.ClH/c1-8(2)10-7-9(14-15(10)4)11(16)13-6-5-12-3;/h7-8,12H,5-6H2,1-4H3,(H,13,16);1H. The normalized spacial score (nSPS) is 10.2. The van der Waals surface area contributed by atoms with Gasteiger partial charge in [0.05, 0.1) is 0 Å². The van der Waals surface area contributed by atoms with E-state index in [-0.39, 0.29) is 18.3 Å². The van der Waals surface area contributed by atoms with Crippen molar-refractivity contribution in [3.63, 3.8) is 0 Å². The summed E-state index contributed by atoms with van der Waals surface area (Å²) in [6.45, 7) is 5.54. The summed E-state index contributed by atoms with van der Waals surface area (Å²) < 4.78 is 1.76. The van der Waals surface area contributed by atoms with Crippen LogP contribution in [0.3, 0.4) is 0 Å². The average Bonchev–Trinajstić information content (AvgIpc) is 2.60. The molecule has 1 rings (SSSR count). The molecule has 2 N–H and O–H groups in total. The topological polar surface area (TPSA) is 58.9 Å². The lowest BCUT2D eigenvalue weighted by Crippen LogP contribution is -2.30. The third kappa shape index (κ3) is 4.36. The van der Waals surface area contributed by atoms with Crippen LogP contribution < -0.4 is 10.6 Å². The molecule has 1 heterocycles. The van der Waals surface area contributed by atoms with Crippen molar-refractivity contribution in [1.29, 1.82) is 0 Å². The number of aryl methyl sites for hydroxylation is 1. The predicted octanol–water partition coefficient (Wildman–Crippen LogP) is 0.914. The van der Waals surface area contributed by atoms with Gasteiger partial charge in [0.1, 0.15) is 5.69 Å². The van der Waals surface area contributed by atoms with Gasteiger partial charge in [-0.1, -0.05) is 13.8 Å². The largest absolute Gasteiger partial charge is 0.349 e. The Morgan fingerprint density at radius 3 is 2.59 bits per heavy atom. The molecule has 0 fully saturated rings. The first-order chi connectivity index (χ1) is 7.56. The number of carbonyl (C=O) groups excluding carboxylic acids is 1. The van der Waals surface area contributed by atoms with E-state index in [1.807, 2.05) is 20.2 Å². The van der Waals surface area contributed by atoms with Crippen LogP contribution in [0.5, 0.6) is 0 Å². The monoisotopic (exact) mass is 260 g/mol. The van der Waals surface area contributed by atoms with Crippen LogP contribution in [0.15, 0.2) is 6.07 Å². The molecule has 0 aliphatic heterocycles. The number of rotatable bonds is 5. The fourth-order valence-electron chi connectivity index (χ4n) is 1.52. The van der Waals surface area contributed by atoms with E-state index in [1.54, 1.807) is 4.68 Å². The smallest absolute Gasteiger partial charge is 0.271 e. The second-order valence-electron chi connectivity index (χ2n) is 4.09. The highest BCUT2D eigenvalue weighted by molar-refractivity contribution is 5.92. The molecule has 0 saturated carbocycles. The fourth-order valence-corrected chi connectivity index (χ4v) is 1.52. The maximum Gasteiger partial charge on any atom is 0.271 e. The Balaban J connectivity index is 0.00000256. The lowest BCUT2D eigenvalue weighted by molar-refractivity contribution is 0.0948. The van der Waals surface area contributed by atoms with Gasteiger partial charge in [-0.2, -0.15) is 5.10 Å². The first-order valence-electron chi connectivity index (χ1n) is 5.53. The molecule has 0 bridgehead atoms. The molecule has 1 amide bonds. The van der Waals surface area contributed by atoms with Gasteiger partial charge in [0.2, 0.25) is 0 Å². The summed E-state index contributed by atoms with van der Waals surface area (Å²) >= 11 is 0. The van der Waals surface area contributed by atoms with Crippen molar-refractivity contribution >= 4 is 18.3 Å². The van der Waals surface area contributed by atoms with Crippen LogP contribution in [0.25, 0.3) is 0 Å². The Bertz CT molecular complexity index is 362. The number of hydrogen-bond donors (Lipinski definition) is 2. The number of carbonyl (C=O) groups is 1. The van der Waals surface area contributed by atoms with Gasteiger partial charge in [-0.25, -0.2) is 0 Å².